The summed E-state index contributed by atoms with van der Waals surface area (Å²) in [4.78, 5) is 0.236. The normalized spacial score (nSPS) is 19.9. The van der Waals surface area contributed by atoms with Crippen LogP contribution in [0.15, 0.2) is 23.1 Å². The van der Waals surface area contributed by atoms with Gasteiger partial charge in [-0.2, -0.15) is 9.57 Å². The van der Waals surface area contributed by atoms with Gasteiger partial charge >= 0.3 is 0 Å². The van der Waals surface area contributed by atoms with Crippen LogP contribution in [0.3, 0.4) is 0 Å². The minimum absolute atomic E-state index is 0. The molecule has 1 saturated heterocycles. The molecule has 0 bridgehead atoms. The second-order valence-electron chi connectivity index (χ2n) is 4.76. The number of aryl methyl sites for hydroxylation is 1. The zero-order chi connectivity index (χ0) is 14.0. The molecule has 1 atom stereocenters. The lowest BCUT2D eigenvalue weighted by atomic mass is 10.2. The maximum Gasteiger partial charge on any atom is 0.243 e. The van der Waals surface area contributed by atoms with Crippen LogP contribution in [-0.4, -0.2) is 38.4 Å². The average molecular weight is 316 g/mol. The number of piperazine rings is 1. The highest BCUT2D eigenvalue weighted by molar-refractivity contribution is 7.89. The molecule has 0 spiro atoms. The van der Waals surface area contributed by atoms with Crippen LogP contribution in [0.25, 0.3) is 0 Å². The number of rotatable bonds is 2. The van der Waals surface area contributed by atoms with E-state index in [4.69, 9.17) is 5.26 Å². The quantitative estimate of drug-likeness (QED) is 0.892. The molecule has 1 aliphatic heterocycles. The monoisotopic (exact) mass is 315 g/mol. The van der Waals surface area contributed by atoms with Gasteiger partial charge in [-0.25, -0.2) is 8.42 Å². The number of nitrogens with one attached hydrogen (secondary N) is 1. The summed E-state index contributed by atoms with van der Waals surface area (Å²) < 4.78 is 26.9. The van der Waals surface area contributed by atoms with Crippen LogP contribution in [0.1, 0.15) is 18.1 Å². The number of hydrogen-bond donors (Lipinski definition) is 1. The molecule has 7 heteroatoms. The highest BCUT2D eigenvalue weighted by Gasteiger charge is 2.31. The summed E-state index contributed by atoms with van der Waals surface area (Å²) >= 11 is 0. The molecular weight excluding hydrogens is 298 g/mol. The van der Waals surface area contributed by atoms with E-state index in [9.17, 15) is 8.42 Å². The molecule has 0 aliphatic carbocycles. The van der Waals surface area contributed by atoms with Gasteiger partial charge in [0.25, 0.3) is 0 Å². The van der Waals surface area contributed by atoms with Crippen LogP contribution in [0, 0.1) is 18.3 Å². The number of hydrogen-bond acceptors (Lipinski definition) is 4. The maximum atomic E-state index is 12.7. The highest BCUT2D eigenvalue weighted by Crippen LogP contribution is 2.23. The number of sulfonamides is 1. The summed E-state index contributed by atoms with van der Waals surface area (Å²) in [5, 5.41) is 12.1. The van der Waals surface area contributed by atoms with Crippen molar-refractivity contribution in [3.63, 3.8) is 0 Å². The fourth-order valence-electron chi connectivity index (χ4n) is 2.25. The summed E-state index contributed by atoms with van der Waals surface area (Å²) in [7, 11) is -3.53. The zero-order valence-electron chi connectivity index (χ0n) is 11.5. The molecular formula is C13H18ClN3O2S. The Kier molecular flexibility index (Phi) is 5.54. The summed E-state index contributed by atoms with van der Waals surface area (Å²) in [6.45, 7) is 5.39. The van der Waals surface area contributed by atoms with Crippen molar-refractivity contribution in [1.82, 2.24) is 9.62 Å². The van der Waals surface area contributed by atoms with Crippen LogP contribution in [0.2, 0.25) is 0 Å². The maximum absolute atomic E-state index is 12.7. The molecule has 0 radical (unpaired) electrons. The third kappa shape index (κ3) is 3.13. The van der Waals surface area contributed by atoms with Gasteiger partial charge in [0.2, 0.25) is 10.0 Å². The van der Waals surface area contributed by atoms with E-state index in [-0.39, 0.29) is 23.3 Å². The largest absolute Gasteiger partial charge is 0.314 e. The molecule has 20 heavy (non-hydrogen) atoms. The van der Waals surface area contributed by atoms with Crippen LogP contribution in [0.4, 0.5) is 0 Å². The van der Waals surface area contributed by atoms with E-state index in [1.807, 2.05) is 13.0 Å². The van der Waals surface area contributed by atoms with Gasteiger partial charge in [0.1, 0.15) is 0 Å². The number of halogens is 1. The molecule has 1 aliphatic rings. The van der Waals surface area contributed by atoms with Crippen molar-refractivity contribution < 1.29 is 8.42 Å². The van der Waals surface area contributed by atoms with Crippen molar-refractivity contribution in [2.75, 3.05) is 19.6 Å². The first kappa shape index (κ1) is 16.9. The summed E-state index contributed by atoms with van der Waals surface area (Å²) in [5.41, 5.74) is 1.04. The van der Waals surface area contributed by atoms with Gasteiger partial charge in [0, 0.05) is 25.7 Å². The van der Waals surface area contributed by atoms with Crippen molar-refractivity contribution in [2.45, 2.75) is 24.8 Å². The molecule has 1 N–H and O–H groups in total. The van der Waals surface area contributed by atoms with Gasteiger partial charge in [-0.1, -0.05) is 6.07 Å². The van der Waals surface area contributed by atoms with Crippen molar-refractivity contribution in [1.29, 1.82) is 5.26 Å². The summed E-state index contributed by atoms with van der Waals surface area (Å²) in [5.74, 6) is 0. The predicted octanol–water partition coefficient (Wildman–Crippen LogP) is 1.27. The molecule has 0 saturated carbocycles. The van der Waals surface area contributed by atoms with Gasteiger partial charge in [-0.05, 0) is 31.5 Å². The van der Waals surface area contributed by atoms with E-state index in [1.165, 1.54) is 10.4 Å². The Morgan fingerprint density at radius 3 is 2.75 bits per heavy atom. The second-order valence-corrected chi connectivity index (χ2v) is 6.62. The molecule has 1 aromatic carbocycles. The van der Waals surface area contributed by atoms with Gasteiger partial charge in [-0.15, -0.1) is 12.4 Å². The van der Waals surface area contributed by atoms with E-state index in [1.54, 1.807) is 19.1 Å². The molecule has 2 rings (SSSR count). The molecule has 0 unspecified atom stereocenters. The van der Waals surface area contributed by atoms with Crippen molar-refractivity contribution in [3.8, 4) is 6.07 Å². The predicted molar refractivity (Wildman–Crippen MR) is 79.4 cm³/mol. The molecule has 0 aromatic heterocycles. The van der Waals surface area contributed by atoms with Gasteiger partial charge in [-0.3, -0.25) is 0 Å². The minimum Gasteiger partial charge on any atom is -0.314 e. The van der Waals surface area contributed by atoms with Crippen molar-refractivity contribution >= 4 is 22.4 Å². The first-order valence-electron chi connectivity index (χ1n) is 6.20. The molecule has 1 heterocycles. The average Bonchev–Trinajstić information content (AvgIpc) is 2.39. The van der Waals surface area contributed by atoms with E-state index >= 15 is 0 Å². The summed E-state index contributed by atoms with van der Waals surface area (Å²) in [6, 6.07) is 6.68. The van der Waals surface area contributed by atoms with Crippen molar-refractivity contribution in [2.24, 2.45) is 0 Å². The van der Waals surface area contributed by atoms with Gasteiger partial charge in [0.05, 0.1) is 16.5 Å². The van der Waals surface area contributed by atoms with Gasteiger partial charge < -0.3 is 5.32 Å². The Balaban J connectivity index is 0.00000200. The molecule has 1 aromatic rings. The first-order chi connectivity index (χ1) is 8.96. The number of nitriles is 1. The zero-order valence-corrected chi connectivity index (χ0v) is 13.1. The van der Waals surface area contributed by atoms with E-state index in [2.05, 4.69) is 5.32 Å². The number of benzene rings is 1. The lowest BCUT2D eigenvalue weighted by Gasteiger charge is -2.33. The number of nitrogens with zero attached hydrogens (tertiary/aromatic N) is 2. The first-order valence-corrected chi connectivity index (χ1v) is 7.64. The van der Waals surface area contributed by atoms with E-state index < -0.39 is 10.0 Å². The SMILES string of the molecule is Cc1ccc(C#N)cc1S(=O)(=O)N1CCNC[C@H]1C.Cl. The molecule has 110 valence electrons. The summed E-state index contributed by atoms with van der Waals surface area (Å²) in [6.07, 6.45) is 0. The van der Waals surface area contributed by atoms with E-state index in [0.717, 1.165) is 0 Å². The Hall–Kier alpha value is -1.13. The Bertz CT molecular complexity index is 625. The van der Waals surface area contributed by atoms with Crippen molar-refractivity contribution in [3.05, 3.63) is 29.3 Å². The fourth-order valence-corrected chi connectivity index (χ4v) is 4.14. The lowest BCUT2D eigenvalue weighted by Crippen LogP contribution is -2.52. The Morgan fingerprint density at radius 1 is 1.45 bits per heavy atom. The van der Waals surface area contributed by atoms with Crippen LogP contribution >= 0.6 is 12.4 Å². The topological polar surface area (TPSA) is 73.2 Å². The lowest BCUT2D eigenvalue weighted by molar-refractivity contribution is 0.283. The Labute approximate surface area is 126 Å². The minimum atomic E-state index is -3.53. The fraction of sp³-hybridized carbons (Fsp3) is 0.462. The second kappa shape index (κ2) is 6.55. The van der Waals surface area contributed by atoms with Crippen LogP contribution in [-0.2, 0) is 10.0 Å². The highest BCUT2D eigenvalue weighted by atomic mass is 35.5. The third-order valence-electron chi connectivity index (χ3n) is 3.34. The van der Waals surface area contributed by atoms with Crippen LogP contribution < -0.4 is 5.32 Å². The van der Waals surface area contributed by atoms with E-state index in [0.29, 0.717) is 30.8 Å². The molecule has 5 nitrogen and oxygen atoms in total. The van der Waals surface area contributed by atoms with Crippen LogP contribution in [0.5, 0.6) is 0 Å². The smallest absolute Gasteiger partial charge is 0.243 e. The van der Waals surface area contributed by atoms with Gasteiger partial charge in [0.15, 0.2) is 0 Å². The molecule has 1 fully saturated rings. The third-order valence-corrected chi connectivity index (χ3v) is 5.50. The molecule has 0 amide bonds. The standard InChI is InChI=1S/C13H17N3O2S.ClH/c1-10-3-4-12(8-14)7-13(10)19(17,18)16-6-5-15-9-11(16)2;/h3-4,7,11,15H,5-6,9H2,1-2H3;1H/t11-;/m1./s1. The Morgan fingerprint density at radius 2 is 2.15 bits per heavy atom.